The summed E-state index contributed by atoms with van der Waals surface area (Å²) in [6.45, 7) is 4.13. The molecular weight excluding hydrogens is 292 g/mol. The van der Waals surface area contributed by atoms with Crippen LogP contribution in [0.4, 0.5) is 0 Å². The fraction of sp³-hybridized carbons (Fsp3) is 0.176. The third-order valence-electron chi connectivity index (χ3n) is 3.65. The third kappa shape index (κ3) is 2.64. The summed E-state index contributed by atoms with van der Waals surface area (Å²) < 4.78 is 0. The van der Waals surface area contributed by atoms with E-state index in [1.54, 1.807) is 0 Å². The number of hydrogen-bond donors (Lipinski definition) is 2. The Kier molecular flexibility index (Phi) is 3.54. The van der Waals surface area contributed by atoms with Crippen LogP contribution in [0.2, 0.25) is 0 Å². The van der Waals surface area contributed by atoms with Crippen molar-refractivity contribution in [1.82, 2.24) is 15.0 Å². The van der Waals surface area contributed by atoms with Gasteiger partial charge in [-0.05, 0) is 29.7 Å². The molecule has 0 aliphatic rings. The zero-order valence-electron chi connectivity index (χ0n) is 12.7. The molecule has 0 bridgehead atoms. The monoisotopic (exact) mass is 306 g/mol. The summed E-state index contributed by atoms with van der Waals surface area (Å²) in [7, 11) is 0. The lowest BCUT2D eigenvalue weighted by molar-refractivity contribution is 0.0696. The molecule has 2 aromatic heterocycles. The van der Waals surface area contributed by atoms with Gasteiger partial charge in [-0.1, -0.05) is 13.8 Å². The quantitative estimate of drug-likeness (QED) is 0.772. The van der Waals surface area contributed by atoms with Gasteiger partial charge in [-0.25, -0.2) is 14.8 Å². The van der Waals surface area contributed by atoms with Crippen molar-refractivity contribution in [3.63, 3.8) is 0 Å². The molecule has 1 aromatic carbocycles. The highest BCUT2D eigenvalue weighted by atomic mass is 16.4. The Hall–Kier alpha value is -3.20. The van der Waals surface area contributed by atoms with Crippen LogP contribution in [0.1, 0.15) is 41.3 Å². The van der Waals surface area contributed by atoms with E-state index in [0.29, 0.717) is 17.1 Å². The highest BCUT2D eigenvalue weighted by Crippen LogP contribution is 2.29. The van der Waals surface area contributed by atoms with Crippen LogP contribution < -0.4 is 0 Å². The lowest BCUT2D eigenvalue weighted by Crippen LogP contribution is -1.99. The second kappa shape index (κ2) is 5.54. The third-order valence-corrected chi connectivity index (χ3v) is 3.65. The first-order chi connectivity index (χ1) is 11.0. The molecule has 3 rings (SSSR count). The first-order valence-corrected chi connectivity index (χ1v) is 7.12. The van der Waals surface area contributed by atoms with E-state index in [1.807, 2.05) is 18.2 Å². The predicted octanol–water partition coefficient (Wildman–Crippen LogP) is 3.32. The maximum atomic E-state index is 10.9. The number of nitriles is 1. The fourth-order valence-corrected chi connectivity index (χ4v) is 2.49. The summed E-state index contributed by atoms with van der Waals surface area (Å²) >= 11 is 0. The summed E-state index contributed by atoms with van der Waals surface area (Å²) in [5.74, 6) is -0.388. The number of rotatable bonds is 3. The number of fused-ring (bicyclic) bond motifs is 1. The molecule has 6 nitrogen and oxygen atoms in total. The Morgan fingerprint density at radius 1 is 1.26 bits per heavy atom. The van der Waals surface area contributed by atoms with E-state index in [1.165, 1.54) is 12.4 Å². The number of aromatic carboxylic acids is 1. The number of hydrogen-bond acceptors (Lipinski definition) is 4. The van der Waals surface area contributed by atoms with Crippen LogP contribution in [0.25, 0.3) is 22.4 Å². The van der Waals surface area contributed by atoms with E-state index in [2.05, 4.69) is 34.9 Å². The van der Waals surface area contributed by atoms with Crippen molar-refractivity contribution in [2.45, 2.75) is 19.8 Å². The van der Waals surface area contributed by atoms with Crippen LogP contribution in [0, 0.1) is 11.3 Å². The van der Waals surface area contributed by atoms with Crippen molar-refractivity contribution in [3.8, 4) is 17.6 Å². The Morgan fingerprint density at radius 2 is 1.96 bits per heavy atom. The molecule has 0 aliphatic carbocycles. The Labute approximate surface area is 132 Å². The normalized spacial score (nSPS) is 10.9. The number of carboxylic acid groups (broad SMARTS) is 1. The van der Waals surface area contributed by atoms with Crippen LogP contribution in [-0.2, 0) is 0 Å². The van der Waals surface area contributed by atoms with E-state index in [4.69, 9.17) is 10.4 Å². The molecule has 3 aromatic rings. The average Bonchev–Trinajstić information content (AvgIpc) is 2.97. The minimum atomic E-state index is -1.06. The molecule has 23 heavy (non-hydrogen) atoms. The number of aromatic nitrogens is 3. The number of benzene rings is 1. The van der Waals surface area contributed by atoms with Gasteiger partial charge in [-0.3, -0.25) is 0 Å². The van der Waals surface area contributed by atoms with Crippen molar-refractivity contribution in [2.75, 3.05) is 0 Å². The predicted molar refractivity (Wildman–Crippen MR) is 85.1 cm³/mol. The molecule has 2 N–H and O–H groups in total. The van der Waals surface area contributed by atoms with Gasteiger partial charge in [0, 0.05) is 23.3 Å². The zero-order valence-corrected chi connectivity index (χ0v) is 12.7. The van der Waals surface area contributed by atoms with E-state index in [-0.39, 0.29) is 11.5 Å². The highest BCUT2D eigenvalue weighted by Gasteiger charge is 2.13. The number of nitrogens with one attached hydrogen (secondary N) is 1. The van der Waals surface area contributed by atoms with Crippen molar-refractivity contribution >= 4 is 16.9 Å². The van der Waals surface area contributed by atoms with Crippen LogP contribution in [0.15, 0.2) is 30.6 Å². The van der Waals surface area contributed by atoms with Crippen LogP contribution >= 0.6 is 0 Å². The molecule has 0 saturated carbocycles. The van der Waals surface area contributed by atoms with E-state index < -0.39 is 5.97 Å². The molecule has 0 spiro atoms. The summed E-state index contributed by atoms with van der Waals surface area (Å²) in [4.78, 5) is 22.3. The van der Waals surface area contributed by atoms with Crippen molar-refractivity contribution in [3.05, 3.63) is 47.3 Å². The second-order valence-electron chi connectivity index (χ2n) is 5.58. The van der Waals surface area contributed by atoms with E-state index >= 15 is 0 Å². The Bertz CT molecular complexity index is 934. The van der Waals surface area contributed by atoms with Gasteiger partial charge in [0.15, 0.2) is 5.82 Å². The molecule has 0 fully saturated rings. The van der Waals surface area contributed by atoms with Crippen LogP contribution in [0.5, 0.6) is 0 Å². The molecule has 6 heteroatoms. The number of carboxylic acids is 1. The molecule has 0 unspecified atom stereocenters. The summed E-state index contributed by atoms with van der Waals surface area (Å²) in [6, 6.07) is 7.73. The second-order valence-corrected chi connectivity index (χ2v) is 5.58. The average molecular weight is 306 g/mol. The molecule has 0 aliphatic heterocycles. The van der Waals surface area contributed by atoms with Crippen molar-refractivity contribution in [1.29, 1.82) is 5.26 Å². The maximum Gasteiger partial charge on any atom is 0.338 e. The fourth-order valence-electron chi connectivity index (χ4n) is 2.49. The first-order valence-electron chi connectivity index (χ1n) is 7.12. The molecule has 114 valence electrons. The molecule has 0 saturated heterocycles. The van der Waals surface area contributed by atoms with Gasteiger partial charge >= 0.3 is 5.97 Å². The van der Waals surface area contributed by atoms with Crippen molar-refractivity contribution < 1.29 is 9.90 Å². The van der Waals surface area contributed by atoms with Gasteiger partial charge in [0.25, 0.3) is 0 Å². The number of H-pyrrole nitrogens is 1. The minimum absolute atomic E-state index is 0.0412. The SMILES string of the molecule is CC(C)c1cc(C#N)cc2cc(-c3ncc(C(=O)O)cn3)[nH]c12. The molecule has 0 radical (unpaired) electrons. The minimum Gasteiger partial charge on any atom is -0.478 e. The summed E-state index contributed by atoms with van der Waals surface area (Å²) in [5.41, 5.74) is 3.33. The summed E-state index contributed by atoms with van der Waals surface area (Å²) in [6.07, 6.45) is 2.56. The van der Waals surface area contributed by atoms with Gasteiger partial charge in [0.2, 0.25) is 0 Å². The Morgan fingerprint density at radius 3 is 2.52 bits per heavy atom. The maximum absolute atomic E-state index is 10.9. The highest BCUT2D eigenvalue weighted by molar-refractivity contribution is 5.89. The lowest BCUT2D eigenvalue weighted by atomic mass is 9.98. The smallest absolute Gasteiger partial charge is 0.338 e. The molecule has 0 amide bonds. The molecule has 0 atom stereocenters. The van der Waals surface area contributed by atoms with Gasteiger partial charge in [0.05, 0.1) is 22.9 Å². The van der Waals surface area contributed by atoms with Gasteiger partial charge in [0.1, 0.15) is 0 Å². The van der Waals surface area contributed by atoms with Gasteiger partial charge < -0.3 is 10.1 Å². The van der Waals surface area contributed by atoms with Crippen molar-refractivity contribution in [2.24, 2.45) is 0 Å². The van der Waals surface area contributed by atoms with E-state index in [0.717, 1.165) is 16.5 Å². The Balaban J connectivity index is 2.14. The zero-order chi connectivity index (χ0) is 16.6. The molecule has 2 heterocycles. The topological polar surface area (TPSA) is 103 Å². The van der Waals surface area contributed by atoms with Gasteiger partial charge in [-0.15, -0.1) is 0 Å². The first kappa shape index (κ1) is 14.7. The van der Waals surface area contributed by atoms with Crippen LogP contribution in [-0.4, -0.2) is 26.0 Å². The summed E-state index contributed by atoms with van der Waals surface area (Å²) in [5, 5.41) is 19.0. The van der Waals surface area contributed by atoms with Crippen LogP contribution in [0.3, 0.4) is 0 Å². The number of carbonyl (C=O) groups is 1. The largest absolute Gasteiger partial charge is 0.478 e. The number of nitrogens with zero attached hydrogens (tertiary/aromatic N) is 3. The lowest BCUT2D eigenvalue weighted by Gasteiger charge is -2.07. The number of aromatic amines is 1. The standard InChI is InChI=1S/C17H14N4O2/c1-9(2)13-4-10(6-18)3-11-5-14(21-15(11)13)16-19-7-12(8-20-16)17(22)23/h3-5,7-9,21H,1-2H3,(H,22,23). The van der Waals surface area contributed by atoms with Gasteiger partial charge in [-0.2, -0.15) is 5.26 Å². The molecular formula is C17H14N4O2. The van der Waals surface area contributed by atoms with E-state index in [9.17, 15) is 4.79 Å².